The van der Waals surface area contributed by atoms with Gasteiger partial charge in [-0.15, -0.1) is 0 Å². The molecule has 1 aliphatic heterocycles. The molecule has 0 saturated carbocycles. The zero-order chi connectivity index (χ0) is 12.4. The average Bonchev–Trinajstić information content (AvgIpc) is 2.73. The minimum Gasteiger partial charge on any atom is -0.336 e. The number of carbonyl (C=O) groups excluding carboxylic acids is 1. The first kappa shape index (κ1) is 12.4. The highest BCUT2D eigenvalue weighted by Crippen LogP contribution is 2.24. The van der Waals surface area contributed by atoms with Crippen LogP contribution in [0.2, 0.25) is 5.28 Å². The number of nitrogens with zero attached hydrogens (tertiary/aromatic N) is 2. The highest BCUT2D eigenvalue weighted by Gasteiger charge is 2.29. The van der Waals surface area contributed by atoms with E-state index >= 15 is 0 Å². The molecule has 5 heteroatoms. The Morgan fingerprint density at radius 1 is 1.59 bits per heavy atom. The molecule has 1 atom stereocenters. The largest absolute Gasteiger partial charge is 0.336 e. The lowest BCUT2D eigenvalue weighted by Crippen LogP contribution is -2.25. The number of aryl methyl sites for hydroxylation is 1. The highest BCUT2D eigenvalue weighted by molar-refractivity contribution is 6.28. The molecule has 1 unspecified atom stereocenters. The van der Waals surface area contributed by atoms with Crippen LogP contribution in [0.4, 0.5) is 0 Å². The first-order chi connectivity index (χ1) is 8.10. The van der Waals surface area contributed by atoms with E-state index in [0.717, 1.165) is 30.8 Å². The van der Waals surface area contributed by atoms with Gasteiger partial charge in [-0.1, -0.05) is 13.3 Å². The third-order valence-corrected chi connectivity index (χ3v) is 3.47. The Morgan fingerprint density at radius 3 is 2.94 bits per heavy atom. The Balaban J connectivity index is 2.00. The van der Waals surface area contributed by atoms with Gasteiger partial charge in [-0.25, -0.2) is 4.98 Å². The van der Waals surface area contributed by atoms with Gasteiger partial charge in [-0.3, -0.25) is 4.79 Å². The predicted octanol–water partition coefficient (Wildman–Crippen LogP) is 2.52. The van der Waals surface area contributed by atoms with Crippen LogP contribution < -0.4 is 0 Å². The van der Waals surface area contributed by atoms with Gasteiger partial charge in [0.2, 0.25) is 11.2 Å². The van der Waals surface area contributed by atoms with E-state index in [2.05, 4.69) is 16.9 Å². The lowest BCUT2D eigenvalue weighted by Gasteiger charge is -2.15. The molecule has 1 fully saturated rings. The van der Waals surface area contributed by atoms with E-state index in [1.807, 2.05) is 11.8 Å². The van der Waals surface area contributed by atoms with Crippen molar-refractivity contribution in [3.63, 3.8) is 0 Å². The van der Waals surface area contributed by atoms with Crippen LogP contribution in [-0.4, -0.2) is 27.3 Å². The Morgan fingerprint density at radius 2 is 2.35 bits per heavy atom. The summed E-state index contributed by atoms with van der Waals surface area (Å²) in [5.41, 5.74) is 1.82. The number of H-pyrrole nitrogens is 1. The van der Waals surface area contributed by atoms with E-state index in [9.17, 15) is 4.79 Å². The van der Waals surface area contributed by atoms with Crippen molar-refractivity contribution in [2.75, 3.05) is 6.54 Å². The summed E-state index contributed by atoms with van der Waals surface area (Å²) in [5, 5.41) is 0.397. The first-order valence-electron chi connectivity index (χ1n) is 6.09. The topological polar surface area (TPSA) is 49.0 Å². The number of aromatic amines is 1. The van der Waals surface area contributed by atoms with E-state index in [0.29, 0.717) is 24.2 Å². The van der Waals surface area contributed by atoms with Gasteiger partial charge >= 0.3 is 0 Å². The number of rotatable bonds is 4. The fourth-order valence-corrected chi connectivity index (χ4v) is 2.64. The van der Waals surface area contributed by atoms with Crippen LogP contribution in [0.15, 0.2) is 0 Å². The van der Waals surface area contributed by atoms with Gasteiger partial charge in [0.05, 0.1) is 12.2 Å². The van der Waals surface area contributed by atoms with Gasteiger partial charge in [-0.05, 0) is 30.9 Å². The molecule has 2 heterocycles. The summed E-state index contributed by atoms with van der Waals surface area (Å²) in [7, 11) is 0. The summed E-state index contributed by atoms with van der Waals surface area (Å²) in [5.74, 6) is 0.754. The van der Waals surface area contributed by atoms with Crippen molar-refractivity contribution in [1.82, 2.24) is 14.9 Å². The molecule has 4 nitrogen and oxygen atoms in total. The number of carbonyl (C=O) groups is 1. The second kappa shape index (κ2) is 5.08. The molecule has 0 radical (unpaired) electrons. The van der Waals surface area contributed by atoms with E-state index in [4.69, 9.17) is 11.6 Å². The van der Waals surface area contributed by atoms with Crippen molar-refractivity contribution in [3.05, 3.63) is 16.7 Å². The quantitative estimate of drug-likeness (QED) is 0.899. The molecule has 1 N–H and O–H groups in total. The van der Waals surface area contributed by atoms with Gasteiger partial charge < -0.3 is 9.88 Å². The number of aromatic nitrogens is 2. The van der Waals surface area contributed by atoms with Gasteiger partial charge in [0.15, 0.2) is 0 Å². The normalized spacial score (nSPS) is 20.3. The van der Waals surface area contributed by atoms with Gasteiger partial charge in [0.25, 0.3) is 0 Å². The van der Waals surface area contributed by atoms with Crippen LogP contribution in [0.25, 0.3) is 0 Å². The molecule has 1 amide bonds. The van der Waals surface area contributed by atoms with Crippen LogP contribution >= 0.6 is 11.6 Å². The summed E-state index contributed by atoms with van der Waals surface area (Å²) in [6.45, 7) is 5.52. The van der Waals surface area contributed by atoms with Gasteiger partial charge in [0, 0.05) is 18.7 Å². The summed E-state index contributed by atoms with van der Waals surface area (Å²) >= 11 is 5.80. The Labute approximate surface area is 106 Å². The van der Waals surface area contributed by atoms with Crippen molar-refractivity contribution < 1.29 is 4.79 Å². The van der Waals surface area contributed by atoms with Crippen LogP contribution in [-0.2, 0) is 11.3 Å². The van der Waals surface area contributed by atoms with E-state index in [1.165, 1.54) is 0 Å². The molecule has 1 aliphatic rings. The second-order valence-corrected chi connectivity index (χ2v) is 5.09. The first-order valence-corrected chi connectivity index (χ1v) is 6.46. The molecule has 0 aromatic carbocycles. The summed E-state index contributed by atoms with van der Waals surface area (Å²) in [6.07, 6.45) is 2.95. The predicted molar refractivity (Wildman–Crippen MR) is 66.8 cm³/mol. The summed E-state index contributed by atoms with van der Waals surface area (Å²) < 4.78 is 0. The zero-order valence-electron chi connectivity index (χ0n) is 10.3. The van der Waals surface area contributed by atoms with Crippen LogP contribution in [0, 0.1) is 12.8 Å². The summed E-state index contributed by atoms with van der Waals surface area (Å²) in [4.78, 5) is 20.9. The van der Waals surface area contributed by atoms with Gasteiger partial charge in [0.1, 0.15) is 0 Å². The van der Waals surface area contributed by atoms with Crippen molar-refractivity contribution in [2.24, 2.45) is 5.92 Å². The van der Waals surface area contributed by atoms with E-state index < -0.39 is 0 Å². The summed E-state index contributed by atoms with van der Waals surface area (Å²) in [6, 6.07) is 0. The number of hydrogen-bond donors (Lipinski definition) is 1. The van der Waals surface area contributed by atoms with Crippen LogP contribution in [0.5, 0.6) is 0 Å². The maximum absolute atomic E-state index is 11.8. The Bertz CT molecular complexity index is 416. The molecule has 1 aromatic rings. The number of amides is 1. The van der Waals surface area contributed by atoms with Crippen molar-refractivity contribution in [2.45, 2.75) is 39.7 Å². The lowest BCUT2D eigenvalue weighted by atomic mass is 10.0. The maximum Gasteiger partial charge on any atom is 0.223 e. The van der Waals surface area contributed by atoms with E-state index in [-0.39, 0.29) is 5.91 Å². The minimum atomic E-state index is 0.238. The SMILES string of the molecule is CCCC1CC(=O)N(Cc2nc(Cl)[nH]c2C)C1. The molecule has 0 spiro atoms. The zero-order valence-corrected chi connectivity index (χ0v) is 11.0. The third kappa shape index (κ3) is 2.80. The number of nitrogens with one attached hydrogen (secondary N) is 1. The molecule has 0 bridgehead atoms. The number of halogens is 1. The van der Waals surface area contributed by atoms with Crippen molar-refractivity contribution >= 4 is 17.5 Å². The van der Waals surface area contributed by atoms with Crippen LogP contribution in [0.3, 0.4) is 0 Å². The molecule has 2 rings (SSSR count). The molecule has 0 aliphatic carbocycles. The Hall–Kier alpha value is -1.03. The van der Waals surface area contributed by atoms with E-state index in [1.54, 1.807) is 0 Å². The second-order valence-electron chi connectivity index (χ2n) is 4.73. The number of imidazole rings is 1. The smallest absolute Gasteiger partial charge is 0.223 e. The standard InChI is InChI=1S/C12H18ClN3O/c1-3-4-9-5-11(17)16(6-9)7-10-8(2)14-12(13)15-10/h9H,3-7H2,1-2H3,(H,14,15). The Kier molecular flexibility index (Phi) is 3.72. The number of hydrogen-bond acceptors (Lipinski definition) is 2. The monoisotopic (exact) mass is 255 g/mol. The fraction of sp³-hybridized carbons (Fsp3) is 0.667. The van der Waals surface area contributed by atoms with Gasteiger partial charge in [-0.2, -0.15) is 0 Å². The third-order valence-electron chi connectivity index (χ3n) is 3.29. The van der Waals surface area contributed by atoms with Crippen molar-refractivity contribution in [1.29, 1.82) is 0 Å². The minimum absolute atomic E-state index is 0.238. The lowest BCUT2D eigenvalue weighted by molar-refractivity contribution is -0.128. The molecule has 1 aromatic heterocycles. The highest BCUT2D eigenvalue weighted by atomic mass is 35.5. The molecule has 1 saturated heterocycles. The number of likely N-dealkylation sites (tertiary alicyclic amines) is 1. The average molecular weight is 256 g/mol. The molecular formula is C12H18ClN3O. The van der Waals surface area contributed by atoms with Crippen LogP contribution in [0.1, 0.15) is 37.6 Å². The van der Waals surface area contributed by atoms with Crippen molar-refractivity contribution in [3.8, 4) is 0 Å². The molecule has 94 valence electrons. The molecule has 17 heavy (non-hydrogen) atoms. The fourth-order valence-electron chi connectivity index (χ4n) is 2.40. The molecular weight excluding hydrogens is 238 g/mol. The maximum atomic E-state index is 11.8.